The number of furan rings is 1. The molecule has 2 aromatic heterocycles. The van der Waals surface area contributed by atoms with Crippen molar-refractivity contribution >= 4 is 27.6 Å². The monoisotopic (exact) mass is 368 g/mol. The second-order valence-electron chi connectivity index (χ2n) is 6.58. The summed E-state index contributed by atoms with van der Waals surface area (Å²) < 4.78 is 11.0. The molecule has 0 unspecified atom stereocenters. The number of aromatic nitrogens is 1. The molecule has 5 rings (SSSR count). The lowest BCUT2D eigenvalue weighted by Gasteiger charge is -2.00. The summed E-state index contributed by atoms with van der Waals surface area (Å²) in [5, 5.41) is 10.1. The Bertz CT molecular complexity index is 1270. The second-order valence-corrected chi connectivity index (χ2v) is 6.58. The highest BCUT2D eigenvalue weighted by Crippen LogP contribution is 2.25. The molecular formula is C23H16N2O3. The molecule has 0 radical (unpaired) electrons. The summed E-state index contributed by atoms with van der Waals surface area (Å²) in [6.07, 6.45) is 0. The van der Waals surface area contributed by atoms with Gasteiger partial charge < -0.3 is 14.3 Å². The molecule has 1 amide bonds. The summed E-state index contributed by atoms with van der Waals surface area (Å²) in [5.41, 5.74) is 2.28. The number of carbonyl (C=O) groups excluding carboxylic acids is 1. The number of nitrogens with one attached hydrogen (secondary N) is 1. The van der Waals surface area contributed by atoms with Crippen LogP contribution in [0.3, 0.4) is 0 Å². The smallest absolute Gasteiger partial charge is 0.287 e. The zero-order valence-electron chi connectivity index (χ0n) is 14.9. The summed E-state index contributed by atoms with van der Waals surface area (Å²) in [4.78, 5) is 12.3. The Morgan fingerprint density at radius 1 is 0.857 bits per heavy atom. The van der Waals surface area contributed by atoms with Gasteiger partial charge in [0.2, 0.25) is 0 Å². The van der Waals surface area contributed by atoms with Gasteiger partial charge in [0.05, 0.1) is 6.54 Å². The molecule has 136 valence electrons. The number of hydrogen-bond acceptors (Lipinski definition) is 4. The van der Waals surface area contributed by atoms with Crippen LogP contribution in [0.5, 0.6) is 0 Å². The molecule has 2 heterocycles. The van der Waals surface area contributed by atoms with E-state index in [2.05, 4.69) is 34.7 Å². The van der Waals surface area contributed by atoms with Crippen LogP contribution in [0.2, 0.25) is 0 Å². The van der Waals surface area contributed by atoms with E-state index in [1.165, 1.54) is 5.39 Å². The van der Waals surface area contributed by atoms with E-state index in [9.17, 15) is 4.79 Å². The van der Waals surface area contributed by atoms with E-state index in [0.717, 1.165) is 16.3 Å². The molecule has 5 heteroatoms. The van der Waals surface area contributed by atoms with Crippen LogP contribution in [0, 0.1) is 0 Å². The standard InChI is InChI=1S/C23H16N2O3/c26-23(22-12-17-7-3-4-8-20(17)27-22)24-14-19-13-21(28-25-19)18-10-9-15-5-1-2-6-16(15)11-18/h1-13H,14H2,(H,24,26). The van der Waals surface area contributed by atoms with Gasteiger partial charge in [-0.2, -0.15) is 0 Å². The fourth-order valence-corrected chi connectivity index (χ4v) is 3.23. The number of carbonyl (C=O) groups is 1. The molecule has 0 aliphatic carbocycles. The third-order valence-corrected chi connectivity index (χ3v) is 4.67. The van der Waals surface area contributed by atoms with E-state index in [-0.39, 0.29) is 18.2 Å². The molecule has 5 nitrogen and oxygen atoms in total. The Kier molecular flexibility index (Phi) is 3.91. The number of rotatable bonds is 4. The van der Waals surface area contributed by atoms with Gasteiger partial charge in [0.15, 0.2) is 11.5 Å². The number of hydrogen-bond donors (Lipinski definition) is 1. The first kappa shape index (κ1) is 16.3. The quantitative estimate of drug-likeness (QED) is 0.475. The minimum atomic E-state index is -0.286. The van der Waals surface area contributed by atoms with Crippen molar-refractivity contribution in [3.63, 3.8) is 0 Å². The highest BCUT2D eigenvalue weighted by atomic mass is 16.5. The highest BCUT2D eigenvalue weighted by Gasteiger charge is 2.13. The summed E-state index contributed by atoms with van der Waals surface area (Å²) in [7, 11) is 0. The maximum atomic E-state index is 12.3. The van der Waals surface area contributed by atoms with Crippen molar-refractivity contribution in [1.29, 1.82) is 0 Å². The first-order chi connectivity index (χ1) is 13.8. The first-order valence-electron chi connectivity index (χ1n) is 8.98. The summed E-state index contributed by atoms with van der Waals surface area (Å²) >= 11 is 0. The van der Waals surface area contributed by atoms with Crippen molar-refractivity contribution in [3.05, 3.63) is 90.3 Å². The molecule has 0 spiro atoms. The fourth-order valence-electron chi connectivity index (χ4n) is 3.23. The van der Waals surface area contributed by atoms with Gasteiger partial charge in [0.1, 0.15) is 11.3 Å². The Labute approximate surface area is 160 Å². The zero-order chi connectivity index (χ0) is 18.9. The van der Waals surface area contributed by atoms with Gasteiger partial charge in [-0.15, -0.1) is 0 Å². The first-order valence-corrected chi connectivity index (χ1v) is 8.98. The number of para-hydroxylation sites is 1. The summed E-state index contributed by atoms with van der Waals surface area (Å²) in [6.45, 7) is 0.257. The lowest BCUT2D eigenvalue weighted by Crippen LogP contribution is -2.22. The average molecular weight is 368 g/mol. The van der Waals surface area contributed by atoms with E-state index in [1.807, 2.05) is 48.5 Å². The fraction of sp³-hybridized carbons (Fsp3) is 0.0435. The third-order valence-electron chi connectivity index (χ3n) is 4.67. The van der Waals surface area contributed by atoms with Crippen LogP contribution in [0.4, 0.5) is 0 Å². The Morgan fingerprint density at radius 2 is 1.64 bits per heavy atom. The van der Waals surface area contributed by atoms with E-state index in [0.29, 0.717) is 17.0 Å². The van der Waals surface area contributed by atoms with Gasteiger partial charge in [0.25, 0.3) is 5.91 Å². The zero-order valence-corrected chi connectivity index (χ0v) is 14.9. The second kappa shape index (κ2) is 6.70. The van der Waals surface area contributed by atoms with Crippen LogP contribution in [-0.2, 0) is 6.54 Å². The molecule has 0 saturated carbocycles. The molecule has 5 aromatic rings. The predicted octanol–water partition coefficient (Wildman–Crippen LogP) is 5.17. The van der Waals surface area contributed by atoms with Crippen LogP contribution in [-0.4, -0.2) is 11.1 Å². The lowest BCUT2D eigenvalue weighted by molar-refractivity contribution is 0.0924. The van der Waals surface area contributed by atoms with Crippen molar-refractivity contribution < 1.29 is 13.7 Å². The van der Waals surface area contributed by atoms with Crippen molar-refractivity contribution in [2.24, 2.45) is 0 Å². The van der Waals surface area contributed by atoms with E-state index >= 15 is 0 Å². The topological polar surface area (TPSA) is 68.3 Å². The third kappa shape index (κ3) is 3.03. The minimum absolute atomic E-state index is 0.257. The Hall–Kier alpha value is -3.86. The molecule has 0 bridgehead atoms. The van der Waals surface area contributed by atoms with E-state index in [4.69, 9.17) is 8.94 Å². The molecule has 0 aliphatic heterocycles. The maximum absolute atomic E-state index is 12.3. The van der Waals surface area contributed by atoms with Crippen LogP contribution in [0.25, 0.3) is 33.1 Å². The van der Waals surface area contributed by atoms with E-state index in [1.54, 1.807) is 6.07 Å². The minimum Gasteiger partial charge on any atom is -0.451 e. The van der Waals surface area contributed by atoms with Crippen molar-refractivity contribution in [1.82, 2.24) is 10.5 Å². The van der Waals surface area contributed by atoms with Gasteiger partial charge in [-0.05, 0) is 29.0 Å². The number of amides is 1. The molecule has 3 aromatic carbocycles. The Morgan fingerprint density at radius 3 is 2.50 bits per heavy atom. The average Bonchev–Trinajstić information content (AvgIpc) is 3.39. The summed E-state index contributed by atoms with van der Waals surface area (Å²) in [6, 6.07) is 25.3. The van der Waals surface area contributed by atoms with Gasteiger partial charge in [-0.3, -0.25) is 4.79 Å². The largest absolute Gasteiger partial charge is 0.451 e. The molecule has 0 atom stereocenters. The highest BCUT2D eigenvalue weighted by molar-refractivity contribution is 5.96. The van der Waals surface area contributed by atoms with Gasteiger partial charge in [-0.1, -0.05) is 59.8 Å². The van der Waals surface area contributed by atoms with Gasteiger partial charge in [-0.25, -0.2) is 0 Å². The van der Waals surface area contributed by atoms with Gasteiger partial charge >= 0.3 is 0 Å². The molecule has 1 N–H and O–H groups in total. The number of benzene rings is 3. The van der Waals surface area contributed by atoms with Crippen LogP contribution in [0.1, 0.15) is 16.2 Å². The predicted molar refractivity (Wildman–Crippen MR) is 107 cm³/mol. The van der Waals surface area contributed by atoms with Crippen molar-refractivity contribution in [2.45, 2.75) is 6.54 Å². The normalized spacial score (nSPS) is 11.1. The van der Waals surface area contributed by atoms with Crippen LogP contribution in [0.15, 0.2) is 87.8 Å². The SMILES string of the molecule is O=C(NCc1cc(-c2ccc3ccccc3c2)on1)c1cc2ccccc2o1. The molecular weight excluding hydrogens is 352 g/mol. The maximum Gasteiger partial charge on any atom is 0.287 e. The number of fused-ring (bicyclic) bond motifs is 2. The molecule has 28 heavy (non-hydrogen) atoms. The lowest BCUT2D eigenvalue weighted by atomic mass is 10.1. The molecule has 0 fully saturated rings. The van der Waals surface area contributed by atoms with Crippen molar-refractivity contribution in [2.75, 3.05) is 0 Å². The summed E-state index contributed by atoms with van der Waals surface area (Å²) in [5.74, 6) is 0.657. The van der Waals surface area contributed by atoms with Gasteiger partial charge in [0, 0.05) is 17.0 Å². The van der Waals surface area contributed by atoms with E-state index < -0.39 is 0 Å². The van der Waals surface area contributed by atoms with Crippen LogP contribution >= 0.6 is 0 Å². The Balaban J connectivity index is 1.31. The van der Waals surface area contributed by atoms with Crippen molar-refractivity contribution in [3.8, 4) is 11.3 Å². The molecule has 0 aliphatic rings. The van der Waals surface area contributed by atoms with Crippen LogP contribution < -0.4 is 5.32 Å². The molecule has 0 saturated heterocycles. The number of nitrogens with zero attached hydrogens (tertiary/aromatic N) is 1.